The Morgan fingerprint density at radius 3 is 2.81 bits per heavy atom. The van der Waals surface area contributed by atoms with E-state index in [2.05, 4.69) is 0 Å². The molecule has 1 atom stereocenters. The smallest absolute Gasteiger partial charge is 0.338 e. The lowest BCUT2D eigenvalue weighted by atomic mass is 10.1. The predicted octanol–water partition coefficient (Wildman–Crippen LogP) is 2.73. The summed E-state index contributed by atoms with van der Waals surface area (Å²) in [5.74, 6) is -1.58. The molecule has 0 fully saturated rings. The zero-order chi connectivity index (χ0) is 12.1. The fraction of sp³-hybridized carbons (Fsp3) is 0.417. The van der Waals surface area contributed by atoms with Crippen LogP contribution in [0.25, 0.3) is 0 Å². The first-order valence-electron chi connectivity index (χ1n) is 5.20. The van der Waals surface area contributed by atoms with E-state index in [4.69, 9.17) is 9.84 Å². The van der Waals surface area contributed by atoms with Gasteiger partial charge in [0.15, 0.2) is 11.6 Å². The van der Waals surface area contributed by atoms with Crippen LogP contribution in [0.1, 0.15) is 30.6 Å². The first-order chi connectivity index (χ1) is 7.54. The lowest BCUT2D eigenvalue weighted by Crippen LogP contribution is -2.11. The molecule has 0 aliphatic heterocycles. The number of carbonyl (C=O) groups is 1. The highest BCUT2D eigenvalue weighted by atomic mass is 19.1. The molecular formula is C12H15FO3. The predicted molar refractivity (Wildman–Crippen MR) is 57.8 cm³/mol. The van der Waals surface area contributed by atoms with Crippen LogP contribution in [-0.4, -0.2) is 17.7 Å². The van der Waals surface area contributed by atoms with Crippen LogP contribution in [0, 0.1) is 11.7 Å². The van der Waals surface area contributed by atoms with Crippen molar-refractivity contribution in [3.63, 3.8) is 0 Å². The molecule has 0 spiro atoms. The van der Waals surface area contributed by atoms with Gasteiger partial charge in [0.2, 0.25) is 0 Å². The van der Waals surface area contributed by atoms with Gasteiger partial charge in [-0.05, 0) is 24.1 Å². The number of ether oxygens (including phenoxy) is 1. The third-order valence-electron chi connectivity index (χ3n) is 2.38. The van der Waals surface area contributed by atoms with E-state index >= 15 is 0 Å². The Hall–Kier alpha value is -1.58. The Balaban J connectivity index is 2.63. The number of hydrogen-bond acceptors (Lipinski definition) is 3. The van der Waals surface area contributed by atoms with Crippen LogP contribution in [0.15, 0.2) is 18.2 Å². The minimum atomic E-state index is -0.821. The summed E-state index contributed by atoms with van der Waals surface area (Å²) in [6.45, 7) is 4.28. The van der Waals surface area contributed by atoms with E-state index < -0.39 is 17.5 Å². The molecule has 1 unspecified atom stereocenters. The van der Waals surface area contributed by atoms with Gasteiger partial charge in [-0.15, -0.1) is 0 Å². The molecule has 16 heavy (non-hydrogen) atoms. The molecule has 0 amide bonds. The van der Waals surface area contributed by atoms with E-state index in [0.717, 1.165) is 18.6 Å². The summed E-state index contributed by atoms with van der Waals surface area (Å²) in [7, 11) is 0. The topological polar surface area (TPSA) is 46.5 Å². The average Bonchev–Trinajstić information content (AvgIpc) is 2.29. The molecule has 1 N–H and O–H groups in total. The molecule has 0 bridgehead atoms. The lowest BCUT2D eigenvalue weighted by Gasteiger charge is -2.09. The second-order valence-electron chi connectivity index (χ2n) is 3.78. The highest BCUT2D eigenvalue weighted by molar-refractivity contribution is 5.89. The van der Waals surface area contributed by atoms with E-state index in [0.29, 0.717) is 6.61 Å². The maximum atomic E-state index is 12.9. The summed E-state index contributed by atoms with van der Waals surface area (Å²) >= 11 is 0. The molecule has 1 rings (SSSR count). The molecule has 88 valence electrons. The number of hydrogen-bond donors (Lipinski definition) is 1. The number of rotatable bonds is 4. The molecule has 1 aromatic carbocycles. The molecule has 0 radical (unpaired) electrons. The van der Waals surface area contributed by atoms with Crippen molar-refractivity contribution < 1.29 is 19.0 Å². The first-order valence-corrected chi connectivity index (χ1v) is 5.20. The summed E-state index contributed by atoms with van der Waals surface area (Å²) in [5.41, 5.74) is 0.110. The Morgan fingerprint density at radius 1 is 1.56 bits per heavy atom. The zero-order valence-electron chi connectivity index (χ0n) is 9.37. The maximum absolute atomic E-state index is 12.9. The van der Waals surface area contributed by atoms with Crippen molar-refractivity contribution in [2.24, 2.45) is 5.92 Å². The number of aromatic hydroxyl groups is 1. The molecule has 0 aromatic heterocycles. The number of phenolic OH excluding ortho intramolecular Hbond substituents is 1. The van der Waals surface area contributed by atoms with Gasteiger partial charge in [-0.3, -0.25) is 0 Å². The molecule has 0 heterocycles. The van der Waals surface area contributed by atoms with Gasteiger partial charge < -0.3 is 9.84 Å². The summed E-state index contributed by atoms with van der Waals surface area (Å²) in [6, 6.07) is 3.43. The summed E-state index contributed by atoms with van der Waals surface area (Å²) in [5, 5.41) is 8.95. The third-order valence-corrected chi connectivity index (χ3v) is 2.38. The molecule has 1 aromatic rings. The Kier molecular flexibility index (Phi) is 4.28. The highest BCUT2D eigenvalue weighted by Gasteiger charge is 2.11. The van der Waals surface area contributed by atoms with Crippen LogP contribution in [-0.2, 0) is 4.74 Å². The number of phenols is 1. The second-order valence-corrected chi connectivity index (χ2v) is 3.78. The Labute approximate surface area is 93.9 Å². The van der Waals surface area contributed by atoms with E-state index in [1.807, 2.05) is 13.8 Å². The summed E-state index contributed by atoms with van der Waals surface area (Å²) in [6.07, 6.45) is 0.914. The zero-order valence-corrected chi connectivity index (χ0v) is 9.37. The van der Waals surface area contributed by atoms with E-state index in [1.54, 1.807) is 0 Å². The van der Waals surface area contributed by atoms with Crippen molar-refractivity contribution in [3.8, 4) is 5.75 Å². The highest BCUT2D eigenvalue weighted by Crippen LogP contribution is 2.17. The Bertz CT molecular complexity index is 377. The normalized spacial score (nSPS) is 12.2. The van der Waals surface area contributed by atoms with Gasteiger partial charge in [0.05, 0.1) is 12.2 Å². The number of halogens is 1. The fourth-order valence-electron chi connectivity index (χ4n) is 1.05. The monoisotopic (exact) mass is 226 g/mol. The van der Waals surface area contributed by atoms with Crippen molar-refractivity contribution in [3.05, 3.63) is 29.6 Å². The quantitative estimate of drug-likeness (QED) is 0.803. The molecular weight excluding hydrogens is 211 g/mol. The third kappa shape index (κ3) is 3.22. The van der Waals surface area contributed by atoms with E-state index in [1.165, 1.54) is 6.07 Å². The molecule has 0 saturated carbocycles. The SMILES string of the molecule is CCC(C)COC(=O)c1ccc(O)c(F)c1. The molecule has 0 saturated heterocycles. The molecule has 0 aliphatic rings. The standard InChI is InChI=1S/C12H15FO3/c1-3-8(2)7-16-12(15)9-4-5-11(14)10(13)6-9/h4-6,8,14H,3,7H2,1-2H3. The van der Waals surface area contributed by atoms with Gasteiger partial charge in [0, 0.05) is 0 Å². The van der Waals surface area contributed by atoms with E-state index in [9.17, 15) is 9.18 Å². The van der Waals surface area contributed by atoms with Crippen molar-refractivity contribution in [2.75, 3.05) is 6.61 Å². The van der Waals surface area contributed by atoms with E-state index in [-0.39, 0.29) is 11.5 Å². The van der Waals surface area contributed by atoms with Gasteiger partial charge in [-0.25, -0.2) is 9.18 Å². The average molecular weight is 226 g/mol. The van der Waals surface area contributed by atoms with Crippen LogP contribution in [0.3, 0.4) is 0 Å². The number of carbonyl (C=O) groups excluding carboxylic acids is 1. The van der Waals surface area contributed by atoms with Crippen molar-refractivity contribution in [1.29, 1.82) is 0 Å². The van der Waals surface area contributed by atoms with Gasteiger partial charge in [-0.1, -0.05) is 20.3 Å². The fourth-order valence-corrected chi connectivity index (χ4v) is 1.05. The summed E-state index contributed by atoms with van der Waals surface area (Å²) in [4.78, 5) is 11.5. The lowest BCUT2D eigenvalue weighted by molar-refractivity contribution is 0.0446. The molecule has 3 nitrogen and oxygen atoms in total. The van der Waals surface area contributed by atoms with Crippen LogP contribution in [0.2, 0.25) is 0 Å². The molecule has 0 aliphatic carbocycles. The van der Waals surface area contributed by atoms with Crippen LogP contribution >= 0.6 is 0 Å². The summed E-state index contributed by atoms with van der Waals surface area (Å²) < 4.78 is 17.9. The minimum absolute atomic E-state index is 0.110. The number of esters is 1. The largest absolute Gasteiger partial charge is 0.505 e. The Morgan fingerprint density at radius 2 is 2.25 bits per heavy atom. The second kappa shape index (κ2) is 5.49. The molecule has 4 heteroatoms. The van der Waals surface area contributed by atoms with Crippen LogP contribution in [0.5, 0.6) is 5.75 Å². The van der Waals surface area contributed by atoms with Gasteiger partial charge in [-0.2, -0.15) is 0 Å². The van der Waals surface area contributed by atoms with Crippen molar-refractivity contribution in [1.82, 2.24) is 0 Å². The van der Waals surface area contributed by atoms with Crippen LogP contribution in [0.4, 0.5) is 4.39 Å². The minimum Gasteiger partial charge on any atom is -0.505 e. The number of benzene rings is 1. The van der Waals surface area contributed by atoms with Gasteiger partial charge in [0.1, 0.15) is 0 Å². The van der Waals surface area contributed by atoms with Gasteiger partial charge in [0.25, 0.3) is 0 Å². The van der Waals surface area contributed by atoms with Gasteiger partial charge >= 0.3 is 5.97 Å². The van der Waals surface area contributed by atoms with Crippen molar-refractivity contribution in [2.45, 2.75) is 20.3 Å². The maximum Gasteiger partial charge on any atom is 0.338 e. The van der Waals surface area contributed by atoms with Crippen LogP contribution < -0.4 is 0 Å². The van der Waals surface area contributed by atoms with Crippen molar-refractivity contribution >= 4 is 5.97 Å². The first kappa shape index (κ1) is 12.5.